The third-order valence-corrected chi connectivity index (χ3v) is 7.77. The second-order valence-corrected chi connectivity index (χ2v) is 11.0. The minimum absolute atomic E-state index is 0.0546. The summed E-state index contributed by atoms with van der Waals surface area (Å²) in [5.74, 6) is 1.51. The maximum Gasteiger partial charge on any atom is 0.261 e. The van der Waals surface area contributed by atoms with Gasteiger partial charge in [0.25, 0.3) is 5.56 Å². The van der Waals surface area contributed by atoms with E-state index >= 15 is 4.39 Å². The van der Waals surface area contributed by atoms with Gasteiger partial charge in [-0.15, -0.1) is 0 Å². The summed E-state index contributed by atoms with van der Waals surface area (Å²) >= 11 is 0. The number of piperidine rings is 1. The zero-order valence-corrected chi connectivity index (χ0v) is 22.8. The molecule has 6 rings (SSSR count). The maximum atomic E-state index is 15.4. The zero-order valence-electron chi connectivity index (χ0n) is 22.8. The van der Waals surface area contributed by atoms with Crippen LogP contribution in [0.4, 0.5) is 8.78 Å². The predicted molar refractivity (Wildman–Crippen MR) is 152 cm³/mol. The number of hydrogen-bond donors (Lipinski definition) is 1. The number of benzene rings is 3. The Labute approximate surface area is 237 Å². The number of ether oxygens (including phenoxy) is 2. The van der Waals surface area contributed by atoms with Crippen molar-refractivity contribution in [2.24, 2.45) is 11.8 Å². The van der Waals surface area contributed by atoms with Gasteiger partial charge < -0.3 is 19.5 Å². The van der Waals surface area contributed by atoms with Gasteiger partial charge in [-0.25, -0.2) is 13.8 Å². The van der Waals surface area contributed by atoms with E-state index in [-0.39, 0.29) is 41.9 Å². The summed E-state index contributed by atoms with van der Waals surface area (Å²) in [6.07, 6.45) is 4.62. The third-order valence-electron chi connectivity index (χ3n) is 7.77. The summed E-state index contributed by atoms with van der Waals surface area (Å²) in [4.78, 5) is 21.3. The molecule has 0 spiro atoms. The third kappa shape index (κ3) is 6.41. The van der Waals surface area contributed by atoms with E-state index in [1.807, 2.05) is 0 Å². The molecule has 1 aliphatic heterocycles. The Morgan fingerprint density at radius 3 is 2.44 bits per heavy atom. The molecule has 1 atom stereocenters. The van der Waals surface area contributed by atoms with E-state index in [1.54, 1.807) is 34.9 Å². The normalized spacial score (nSPS) is 17.6. The number of nitrogens with zero attached hydrogens (tertiary/aromatic N) is 3. The first-order valence-electron chi connectivity index (χ1n) is 14.2. The first-order valence-corrected chi connectivity index (χ1v) is 14.2. The summed E-state index contributed by atoms with van der Waals surface area (Å²) < 4.78 is 41.6. The van der Waals surface area contributed by atoms with Crippen molar-refractivity contribution in [3.8, 4) is 28.6 Å². The van der Waals surface area contributed by atoms with Crippen LogP contribution in [0.2, 0.25) is 0 Å². The van der Waals surface area contributed by atoms with Crippen molar-refractivity contribution in [3.63, 3.8) is 0 Å². The minimum atomic E-state index is -0.560. The smallest absolute Gasteiger partial charge is 0.261 e. The molecule has 1 saturated carbocycles. The summed E-state index contributed by atoms with van der Waals surface area (Å²) in [5, 5.41) is 9.41. The summed E-state index contributed by atoms with van der Waals surface area (Å²) in [6, 6.07) is 15.1. The fraction of sp³-hybridized carbons (Fsp3) is 0.375. The first-order chi connectivity index (χ1) is 20.0. The van der Waals surface area contributed by atoms with Crippen LogP contribution in [-0.4, -0.2) is 52.4 Å². The molecule has 2 heterocycles. The van der Waals surface area contributed by atoms with Gasteiger partial charge in [0.15, 0.2) is 0 Å². The molecule has 1 N–H and O–H groups in total. The maximum absolute atomic E-state index is 15.4. The van der Waals surface area contributed by atoms with Crippen LogP contribution in [0.25, 0.3) is 22.3 Å². The van der Waals surface area contributed by atoms with Gasteiger partial charge in [0.05, 0.1) is 23.1 Å². The van der Waals surface area contributed by atoms with Gasteiger partial charge in [0, 0.05) is 25.7 Å². The Balaban J connectivity index is 1.38. The average Bonchev–Trinajstić information content (AvgIpc) is 3.79. The van der Waals surface area contributed by atoms with Crippen molar-refractivity contribution in [1.82, 2.24) is 14.5 Å². The first kappa shape index (κ1) is 27.4. The van der Waals surface area contributed by atoms with Gasteiger partial charge in [-0.05, 0) is 98.7 Å². The highest BCUT2D eigenvalue weighted by Crippen LogP contribution is 2.32. The molecule has 7 nitrogen and oxygen atoms in total. The van der Waals surface area contributed by atoms with Gasteiger partial charge in [-0.3, -0.25) is 9.36 Å². The number of likely N-dealkylation sites (tertiary alicyclic amines) is 1. The molecule has 2 fully saturated rings. The van der Waals surface area contributed by atoms with Crippen LogP contribution in [0.1, 0.15) is 25.7 Å². The van der Waals surface area contributed by atoms with E-state index in [0.717, 1.165) is 38.4 Å². The van der Waals surface area contributed by atoms with Crippen molar-refractivity contribution >= 4 is 10.9 Å². The van der Waals surface area contributed by atoms with E-state index in [4.69, 9.17) is 19.6 Å². The number of hydrogen-bond acceptors (Lipinski definition) is 6. The molecule has 0 amide bonds. The van der Waals surface area contributed by atoms with Crippen LogP contribution in [0.5, 0.6) is 17.2 Å². The monoisotopic (exact) mass is 561 g/mol. The molecule has 2 aliphatic rings. The molecular weight excluding hydrogens is 528 g/mol. The van der Waals surface area contributed by atoms with E-state index in [2.05, 4.69) is 4.90 Å². The molecule has 3 aromatic carbocycles. The highest BCUT2D eigenvalue weighted by molar-refractivity contribution is 5.81. The van der Waals surface area contributed by atoms with Crippen molar-refractivity contribution in [2.75, 3.05) is 32.8 Å². The second kappa shape index (κ2) is 12.0. The van der Waals surface area contributed by atoms with E-state index < -0.39 is 5.82 Å². The zero-order chi connectivity index (χ0) is 28.3. The average molecular weight is 562 g/mol. The van der Waals surface area contributed by atoms with Gasteiger partial charge in [0.1, 0.15) is 41.3 Å². The van der Waals surface area contributed by atoms with Crippen LogP contribution in [0.15, 0.2) is 65.5 Å². The highest BCUT2D eigenvalue weighted by atomic mass is 19.1. The molecular formula is C32H33F2N3O4. The Hall–Kier alpha value is -3.82. The fourth-order valence-corrected chi connectivity index (χ4v) is 5.60. The van der Waals surface area contributed by atoms with Crippen LogP contribution in [0, 0.1) is 23.5 Å². The molecule has 0 radical (unpaired) electrons. The molecule has 214 valence electrons. The van der Waals surface area contributed by atoms with Gasteiger partial charge in [0.2, 0.25) is 0 Å². The lowest BCUT2D eigenvalue weighted by Gasteiger charge is -2.33. The number of fused-ring (bicyclic) bond motifs is 1. The lowest BCUT2D eigenvalue weighted by Crippen LogP contribution is -2.39. The number of aliphatic hydroxyl groups excluding tert-OH is 1. The van der Waals surface area contributed by atoms with E-state index in [0.29, 0.717) is 34.7 Å². The molecule has 0 bridgehead atoms. The Kier molecular flexibility index (Phi) is 7.98. The van der Waals surface area contributed by atoms with Gasteiger partial charge in [-0.1, -0.05) is 0 Å². The van der Waals surface area contributed by atoms with E-state index in [9.17, 15) is 9.18 Å². The Morgan fingerprint density at radius 2 is 1.68 bits per heavy atom. The van der Waals surface area contributed by atoms with Gasteiger partial charge >= 0.3 is 0 Å². The van der Waals surface area contributed by atoms with Crippen LogP contribution < -0.4 is 15.0 Å². The molecule has 9 heteroatoms. The number of aromatic nitrogens is 2. The van der Waals surface area contributed by atoms with Crippen molar-refractivity contribution in [3.05, 3.63) is 82.7 Å². The van der Waals surface area contributed by atoms with Crippen molar-refractivity contribution in [2.45, 2.75) is 32.2 Å². The molecule has 1 unspecified atom stereocenters. The van der Waals surface area contributed by atoms with Crippen molar-refractivity contribution in [1.29, 1.82) is 0 Å². The Bertz CT molecular complexity index is 1590. The lowest BCUT2D eigenvalue weighted by atomic mass is 9.97. The SMILES string of the molecule is O=c1c2cc(Oc3ccc(F)cc3)ccc2nc(-c2ccc(OCCO)cc2F)n1CC1CCCN(CC2CC2)C1. The van der Waals surface area contributed by atoms with Crippen molar-refractivity contribution < 1.29 is 23.4 Å². The van der Waals surface area contributed by atoms with Crippen LogP contribution >= 0.6 is 0 Å². The summed E-state index contributed by atoms with van der Waals surface area (Å²) in [7, 11) is 0. The fourth-order valence-electron chi connectivity index (χ4n) is 5.60. The molecule has 1 aliphatic carbocycles. The summed E-state index contributed by atoms with van der Waals surface area (Å²) in [5.41, 5.74) is 0.359. The number of halogens is 2. The standard InChI is InChI=1S/C32H33F2N3O4/c33-23-5-7-24(8-6-23)41-26-10-12-30-28(16-26)32(39)37(20-22-2-1-13-36(19-22)18-21-3-4-21)31(35-30)27-11-9-25(17-29(27)34)40-15-14-38/h5-12,16-17,21-22,38H,1-4,13-15,18-20H2. The largest absolute Gasteiger partial charge is 0.491 e. The Morgan fingerprint density at radius 1 is 0.902 bits per heavy atom. The highest BCUT2D eigenvalue weighted by Gasteiger charge is 2.29. The molecule has 41 heavy (non-hydrogen) atoms. The lowest BCUT2D eigenvalue weighted by molar-refractivity contribution is 0.156. The molecule has 1 saturated heterocycles. The molecule has 4 aromatic rings. The topological polar surface area (TPSA) is 76.8 Å². The van der Waals surface area contributed by atoms with E-state index in [1.165, 1.54) is 43.2 Å². The predicted octanol–water partition coefficient (Wildman–Crippen LogP) is 5.63. The molecule has 1 aromatic heterocycles. The second-order valence-electron chi connectivity index (χ2n) is 11.0. The number of aliphatic hydroxyl groups is 1. The van der Waals surface area contributed by atoms with Crippen LogP contribution in [-0.2, 0) is 6.54 Å². The van der Waals surface area contributed by atoms with Crippen LogP contribution in [0.3, 0.4) is 0 Å². The quantitative estimate of drug-likeness (QED) is 0.271. The van der Waals surface area contributed by atoms with Gasteiger partial charge in [-0.2, -0.15) is 0 Å². The number of rotatable bonds is 10. The minimum Gasteiger partial charge on any atom is -0.491 e. The summed E-state index contributed by atoms with van der Waals surface area (Å²) in [6.45, 7) is 3.36.